The predicted molar refractivity (Wildman–Crippen MR) is 83.8 cm³/mol. The van der Waals surface area contributed by atoms with Crippen LogP contribution in [0.15, 0.2) is 21.1 Å². The third-order valence-corrected chi connectivity index (χ3v) is 4.10. The molecule has 0 bridgehead atoms. The minimum atomic E-state index is -0.512. The highest BCUT2D eigenvalue weighted by molar-refractivity contribution is 9.11. The number of hydrogen-bond donors (Lipinski definition) is 1. The van der Waals surface area contributed by atoms with Crippen LogP contribution in [0.4, 0.5) is 0 Å². The number of carbonyl (C=O) groups excluding carboxylic acids is 1. The number of esters is 1. The molecule has 1 aliphatic heterocycles. The Bertz CT molecular complexity index is 482. The number of nitrogens with one attached hydrogen (secondary N) is 1. The zero-order valence-corrected chi connectivity index (χ0v) is 14.6. The molecule has 1 fully saturated rings. The van der Waals surface area contributed by atoms with Crippen molar-refractivity contribution in [1.82, 2.24) is 5.32 Å². The zero-order chi connectivity index (χ0) is 14.7. The van der Waals surface area contributed by atoms with Crippen LogP contribution in [0.3, 0.4) is 0 Å². The van der Waals surface area contributed by atoms with E-state index in [2.05, 4.69) is 51.0 Å². The molecule has 1 saturated heterocycles. The topological polar surface area (TPSA) is 47.6 Å². The maximum atomic E-state index is 11.5. The molecule has 0 aliphatic carbocycles. The molecule has 4 nitrogen and oxygen atoms in total. The molecule has 1 aromatic rings. The van der Waals surface area contributed by atoms with Crippen molar-refractivity contribution in [2.24, 2.45) is 0 Å². The molecule has 6 heteroatoms. The van der Waals surface area contributed by atoms with Crippen molar-refractivity contribution in [1.29, 1.82) is 0 Å². The van der Waals surface area contributed by atoms with Crippen molar-refractivity contribution in [2.75, 3.05) is 6.61 Å². The minimum absolute atomic E-state index is 0.297. The predicted octanol–water partition coefficient (Wildman–Crippen LogP) is 3.40. The number of cyclic esters (lactones) is 1. The van der Waals surface area contributed by atoms with Crippen LogP contribution in [0, 0.1) is 0 Å². The van der Waals surface area contributed by atoms with Gasteiger partial charge in [0.25, 0.3) is 0 Å². The Morgan fingerprint density at radius 3 is 2.55 bits per heavy atom. The summed E-state index contributed by atoms with van der Waals surface area (Å²) >= 11 is 6.99. The third kappa shape index (κ3) is 3.96. The number of rotatable bonds is 5. The first kappa shape index (κ1) is 15.8. The summed E-state index contributed by atoms with van der Waals surface area (Å²) in [5, 5.41) is 3.36. The van der Waals surface area contributed by atoms with Crippen molar-refractivity contribution in [2.45, 2.75) is 39.0 Å². The van der Waals surface area contributed by atoms with Gasteiger partial charge in [0, 0.05) is 19.0 Å². The molecular formula is C14H17Br2NO3. The second-order valence-corrected chi connectivity index (χ2v) is 6.70. The molecule has 1 aliphatic rings. The molecule has 110 valence electrons. The quantitative estimate of drug-likeness (QED) is 0.761. The number of halogens is 2. The summed E-state index contributed by atoms with van der Waals surface area (Å²) in [5.41, 5.74) is 1.14. The standard InChI is InChI=1S/C14H17Br2NO3/c1-8(2)17-7-9-5-10(15)13(11(16)6-9)20-12-3-4-19-14(12)18/h5-6,8,12,17H,3-4,7H2,1-2H3. The number of carbonyl (C=O) groups is 1. The zero-order valence-electron chi connectivity index (χ0n) is 11.4. The van der Waals surface area contributed by atoms with Crippen LogP contribution in [-0.2, 0) is 16.1 Å². The van der Waals surface area contributed by atoms with Crippen molar-refractivity contribution >= 4 is 37.8 Å². The monoisotopic (exact) mass is 405 g/mol. The van der Waals surface area contributed by atoms with E-state index in [0.29, 0.717) is 24.8 Å². The van der Waals surface area contributed by atoms with E-state index >= 15 is 0 Å². The smallest absolute Gasteiger partial charge is 0.347 e. The summed E-state index contributed by atoms with van der Waals surface area (Å²) in [6.45, 7) is 5.41. The Labute approximate surface area is 135 Å². The SMILES string of the molecule is CC(C)NCc1cc(Br)c(OC2CCOC2=O)c(Br)c1. The number of benzene rings is 1. The fraction of sp³-hybridized carbons (Fsp3) is 0.500. The van der Waals surface area contributed by atoms with Crippen LogP contribution in [0.5, 0.6) is 5.75 Å². The van der Waals surface area contributed by atoms with Gasteiger partial charge in [-0.15, -0.1) is 0 Å². The van der Waals surface area contributed by atoms with Crippen molar-refractivity contribution in [3.8, 4) is 5.75 Å². The number of ether oxygens (including phenoxy) is 2. The Hall–Kier alpha value is -0.590. The maximum Gasteiger partial charge on any atom is 0.347 e. The van der Waals surface area contributed by atoms with Crippen molar-refractivity contribution in [3.05, 3.63) is 26.6 Å². The Kier molecular flexibility index (Phi) is 5.46. The highest BCUT2D eigenvalue weighted by atomic mass is 79.9. The molecule has 1 N–H and O–H groups in total. The van der Waals surface area contributed by atoms with E-state index in [0.717, 1.165) is 21.1 Å². The average Bonchev–Trinajstić information content (AvgIpc) is 2.77. The lowest BCUT2D eigenvalue weighted by molar-refractivity contribution is -0.143. The van der Waals surface area contributed by atoms with Gasteiger partial charge in [-0.25, -0.2) is 4.79 Å². The van der Waals surface area contributed by atoms with Gasteiger partial charge in [0.1, 0.15) is 5.75 Å². The van der Waals surface area contributed by atoms with Gasteiger partial charge >= 0.3 is 5.97 Å². The molecule has 0 saturated carbocycles. The van der Waals surface area contributed by atoms with Crippen LogP contribution >= 0.6 is 31.9 Å². The molecule has 20 heavy (non-hydrogen) atoms. The fourth-order valence-electron chi connectivity index (χ4n) is 1.88. The fourth-order valence-corrected chi connectivity index (χ4v) is 3.34. The molecule has 0 radical (unpaired) electrons. The normalized spacial score (nSPS) is 18.4. The van der Waals surface area contributed by atoms with Gasteiger partial charge in [-0.2, -0.15) is 0 Å². The van der Waals surface area contributed by atoms with Crippen LogP contribution in [0.25, 0.3) is 0 Å². The molecule has 2 rings (SSSR count). The summed E-state index contributed by atoms with van der Waals surface area (Å²) < 4.78 is 12.3. The van der Waals surface area contributed by atoms with Gasteiger partial charge in [0.05, 0.1) is 15.6 Å². The highest BCUT2D eigenvalue weighted by Crippen LogP contribution is 2.36. The van der Waals surface area contributed by atoms with E-state index < -0.39 is 6.10 Å². The van der Waals surface area contributed by atoms with Crippen LogP contribution in [0.1, 0.15) is 25.8 Å². The van der Waals surface area contributed by atoms with Crippen LogP contribution in [0.2, 0.25) is 0 Å². The summed E-state index contributed by atoms with van der Waals surface area (Å²) in [6.07, 6.45) is 0.0798. The summed E-state index contributed by atoms with van der Waals surface area (Å²) in [6, 6.07) is 4.42. The molecule has 0 amide bonds. The molecular weight excluding hydrogens is 390 g/mol. The van der Waals surface area contributed by atoms with E-state index in [1.807, 2.05) is 12.1 Å². The Morgan fingerprint density at radius 1 is 1.40 bits per heavy atom. The van der Waals surface area contributed by atoms with Gasteiger partial charge in [-0.05, 0) is 49.6 Å². The second kappa shape index (κ2) is 6.91. The van der Waals surface area contributed by atoms with Gasteiger partial charge in [-0.1, -0.05) is 13.8 Å². The highest BCUT2D eigenvalue weighted by Gasteiger charge is 2.29. The largest absolute Gasteiger partial charge is 0.476 e. The van der Waals surface area contributed by atoms with E-state index in [1.165, 1.54) is 0 Å². The molecule has 1 heterocycles. The van der Waals surface area contributed by atoms with Crippen molar-refractivity contribution < 1.29 is 14.3 Å². The van der Waals surface area contributed by atoms with Crippen molar-refractivity contribution in [3.63, 3.8) is 0 Å². The summed E-state index contributed by atoms with van der Waals surface area (Å²) in [4.78, 5) is 11.5. The summed E-state index contributed by atoms with van der Waals surface area (Å²) in [5.74, 6) is 0.344. The maximum absolute atomic E-state index is 11.5. The molecule has 1 atom stereocenters. The lowest BCUT2D eigenvalue weighted by Crippen LogP contribution is -2.23. The Morgan fingerprint density at radius 2 is 2.05 bits per heavy atom. The van der Waals surface area contributed by atoms with Crippen LogP contribution in [-0.4, -0.2) is 24.7 Å². The molecule has 0 aromatic heterocycles. The van der Waals surface area contributed by atoms with E-state index in [-0.39, 0.29) is 5.97 Å². The van der Waals surface area contributed by atoms with E-state index in [4.69, 9.17) is 9.47 Å². The number of hydrogen-bond acceptors (Lipinski definition) is 4. The first-order chi connectivity index (χ1) is 9.47. The molecule has 1 unspecified atom stereocenters. The average molecular weight is 407 g/mol. The lowest BCUT2D eigenvalue weighted by atomic mass is 10.2. The molecule has 0 spiro atoms. The summed E-state index contributed by atoms with van der Waals surface area (Å²) in [7, 11) is 0. The van der Waals surface area contributed by atoms with E-state index in [1.54, 1.807) is 0 Å². The second-order valence-electron chi connectivity index (χ2n) is 4.99. The minimum Gasteiger partial charge on any atom is -0.476 e. The molecule has 1 aromatic carbocycles. The lowest BCUT2D eigenvalue weighted by Gasteiger charge is -2.15. The third-order valence-electron chi connectivity index (χ3n) is 2.92. The first-order valence-corrected chi connectivity index (χ1v) is 8.10. The van der Waals surface area contributed by atoms with Gasteiger partial charge < -0.3 is 14.8 Å². The van der Waals surface area contributed by atoms with E-state index in [9.17, 15) is 4.79 Å². The van der Waals surface area contributed by atoms with Gasteiger partial charge in [-0.3, -0.25) is 0 Å². The van der Waals surface area contributed by atoms with Gasteiger partial charge in [0.15, 0.2) is 6.10 Å². The van der Waals surface area contributed by atoms with Gasteiger partial charge in [0.2, 0.25) is 0 Å². The Balaban J connectivity index is 2.12. The van der Waals surface area contributed by atoms with Crippen LogP contribution < -0.4 is 10.1 Å². The first-order valence-electron chi connectivity index (χ1n) is 6.52.